The third kappa shape index (κ3) is 3.76. The number of allylic oxidation sites excluding steroid dienone is 1. The van der Waals surface area contributed by atoms with Crippen LogP contribution in [0.15, 0.2) is 77.0 Å². The molecule has 36 heavy (non-hydrogen) atoms. The van der Waals surface area contributed by atoms with Gasteiger partial charge in [-0.25, -0.2) is 4.79 Å². The van der Waals surface area contributed by atoms with Crippen LogP contribution < -0.4 is 19.7 Å². The standard InChI is InChI=1S/C28H24N4O4/c1-16-4-8-19(9-5-16)25-24(18(3)32(28(33)29-25)21-11-6-17(2)7-12-21)27-30-26(31-36-27)20-10-13-22-23(14-20)35-15-34-22/h4-14,25H,15H2,1-3H3,(H,29,33). The van der Waals surface area contributed by atoms with E-state index in [1.54, 1.807) is 4.90 Å². The lowest BCUT2D eigenvalue weighted by molar-refractivity contribution is 0.174. The second-order valence-electron chi connectivity index (χ2n) is 8.95. The summed E-state index contributed by atoms with van der Waals surface area (Å²) in [4.78, 5) is 19.7. The van der Waals surface area contributed by atoms with Gasteiger partial charge in [-0.15, -0.1) is 0 Å². The van der Waals surface area contributed by atoms with Crippen molar-refractivity contribution in [1.29, 1.82) is 0 Å². The molecule has 1 unspecified atom stereocenters. The van der Waals surface area contributed by atoms with Crippen LogP contribution in [0.2, 0.25) is 0 Å². The highest BCUT2D eigenvalue weighted by Crippen LogP contribution is 2.40. The van der Waals surface area contributed by atoms with Crippen LogP contribution in [0.1, 0.15) is 35.5 Å². The van der Waals surface area contributed by atoms with E-state index in [-0.39, 0.29) is 12.8 Å². The van der Waals surface area contributed by atoms with Gasteiger partial charge in [0.05, 0.1) is 17.3 Å². The first-order valence-electron chi connectivity index (χ1n) is 11.7. The predicted molar refractivity (Wildman–Crippen MR) is 135 cm³/mol. The van der Waals surface area contributed by atoms with Crippen LogP contribution in [-0.4, -0.2) is 23.0 Å². The van der Waals surface area contributed by atoms with Gasteiger partial charge in [-0.2, -0.15) is 4.98 Å². The summed E-state index contributed by atoms with van der Waals surface area (Å²) < 4.78 is 16.7. The number of ether oxygens (including phenoxy) is 2. The first kappa shape index (κ1) is 21.9. The smallest absolute Gasteiger partial charge is 0.326 e. The minimum absolute atomic E-state index is 0.190. The Kier molecular flexibility index (Phi) is 5.21. The average Bonchev–Trinajstić information content (AvgIpc) is 3.55. The fraction of sp³-hybridized carbons (Fsp3) is 0.179. The minimum atomic E-state index is -0.454. The van der Waals surface area contributed by atoms with Crippen molar-refractivity contribution in [1.82, 2.24) is 15.5 Å². The Bertz CT molecular complexity index is 1490. The highest BCUT2D eigenvalue weighted by molar-refractivity contribution is 6.01. The molecular weight excluding hydrogens is 456 g/mol. The molecule has 3 heterocycles. The Morgan fingerprint density at radius 3 is 2.33 bits per heavy atom. The van der Waals surface area contributed by atoms with E-state index in [0.717, 1.165) is 33.5 Å². The molecule has 8 heteroatoms. The number of hydrogen-bond acceptors (Lipinski definition) is 6. The summed E-state index contributed by atoms with van der Waals surface area (Å²) in [5.74, 6) is 2.08. The van der Waals surface area contributed by atoms with Gasteiger partial charge in [0.25, 0.3) is 5.89 Å². The Labute approximate surface area is 208 Å². The maximum Gasteiger partial charge on any atom is 0.326 e. The zero-order valence-corrected chi connectivity index (χ0v) is 20.1. The minimum Gasteiger partial charge on any atom is -0.454 e. The molecule has 0 saturated carbocycles. The van der Waals surface area contributed by atoms with Crippen molar-refractivity contribution < 1.29 is 18.8 Å². The Hall–Kier alpha value is -4.59. The van der Waals surface area contributed by atoms with Crippen molar-refractivity contribution in [3.05, 3.63) is 95.0 Å². The van der Waals surface area contributed by atoms with Crippen LogP contribution in [0.25, 0.3) is 17.0 Å². The first-order chi connectivity index (χ1) is 17.5. The van der Waals surface area contributed by atoms with Gasteiger partial charge in [-0.1, -0.05) is 52.7 Å². The lowest BCUT2D eigenvalue weighted by Crippen LogP contribution is -2.46. The number of fused-ring (bicyclic) bond motifs is 1. The van der Waals surface area contributed by atoms with Crippen LogP contribution in [0, 0.1) is 13.8 Å². The number of benzene rings is 3. The Morgan fingerprint density at radius 2 is 1.58 bits per heavy atom. The first-order valence-corrected chi connectivity index (χ1v) is 11.7. The monoisotopic (exact) mass is 480 g/mol. The number of anilines is 1. The molecule has 0 saturated heterocycles. The van der Waals surface area contributed by atoms with Gasteiger partial charge in [0, 0.05) is 11.3 Å². The number of carbonyl (C=O) groups excluding carboxylic acids is 1. The lowest BCUT2D eigenvalue weighted by Gasteiger charge is -2.35. The van der Waals surface area contributed by atoms with E-state index in [4.69, 9.17) is 19.0 Å². The van der Waals surface area contributed by atoms with Gasteiger partial charge < -0.3 is 19.3 Å². The molecule has 2 aliphatic heterocycles. The molecule has 0 bridgehead atoms. The second kappa shape index (κ2) is 8.57. The van der Waals surface area contributed by atoms with E-state index in [1.165, 1.54) is 0 Å². The normalized spacial score (nSPS) is 16.9. The van der Waals surface area contributed by atoms with Gasteiger partial charge in [0.15, 0.2) is 11.5 Å². The third-order valence-electron chi connectivity index (χ3n) is 6.47. The molecule has 1 aromatic heterocycles. The molecule has 0 fully saturated rings. The summed E-state index contributed by atoms with van der Waals surface area (Å²) in [5.41, 5.74) is 6.12. The number of urea groups is 1. The molecule has 0 aliphatic carbocycles. The van der Waals surface area contributed by atoms with E-state index in [2.05, 4.69) is 10.5 Å². The molecule has 0 radical (unpaired) electrons. The maximum atomic E-state index is 13.3. The SMILES string of the molecule is CC1=C(c2nc(-c3ccc4c(c3)OCO4)no2)C(c2ccc(C)cc2)NC(=O)N1c1ccc(C)cc1. The molecule has 1 atom stereocenters. The van der Waals surface area contributed by atoms with Crippen LogP contribution in [0.3, 0.4) is 0 Å². The fourth-order valence-corrected chi connectivity index (χ4v) is 4.52. The molecule has 180 valence electrons. The zero-order chi connectivity index (χ0) is 24.8. The molecule has 4 aromatic rings. The molecular formula is C28H24N4O4. The summed E-state index contributed by atoms with van der Waals surface area (Å²) in [6.07, 6.45) is 0. The molecule has 8 nitrogen and oxygen atoms in total. The molecule has 0 spiro atoms. The summed E-state index contributed by atoms with van der Waals surface area (Å²) >= 11 is 0. The van der Waals surface area contributed by atoms with E-state index in [0.29, 0.717) is 28.9 Å². The van der Waals surface area contributed by atoms with Crippen molar-refractivity contribution in [3.8, 4) is 22.9 Å². The lowest BCUT2D eigenvalue weighted by atomic mass is 9.94. The van der Waals surface area contributed by atoms with E-state index >= 15 is 0 Å². The van der Waals surface area contributed by atoms with Gasteiger partial charge >= 0.3 is 6.03 Å². The number of nitrogens with zero attached hydrogens (tertiary/aromatic N) is 3. The fourth-order valence-electron chi connectivity index (χ4n) is 4.52. The predicted octanol–water partition coefficient (Wildman–Crippen LogP) is 5.78. The molecule has 6 rings (SSSR count). The number of aryl methyl sites for hydroxylation is 2. The van der Waals surface area contributed by atoms with Gasteiger partial charge in [-0.05, 0) is 56.7 Å². The quantitative estimate of drug-likeness (QED) is 0.398. The van der Waals surface area contributed by atoms with Crippen molar-refractivity contribution in [2.45, 2.75) is 26.8 Å². The van der Waals surface area contributed by atoms with Crippen LogP contribution in [0.4, 0.5) is 10.5 Å². The van der Waals surface area contributed by atoms with Crippen LogP contribution >= 0.6 is 0 Å². The van der Waals surface area contributed by atoms with Crippen molar-refractivity contribution >= 4 is 17.3 Å². The molecule has 2 amide bonds. The maximum absolute atomic E-state index is 13.3. The Morgan fingerprint density at radius 1 is 0.889 bits per heavy atom. The zero-order valence-electron chi connectivity index (χ0n) is 20.1. The molecule has 2 aliphatic rings. The van der Waals surface area contributed by atoms with Crippen molar-refractivity contribution in [3.63, 3.8) is 0 Å². The summed E-state index contributed by atoms with van der Waals surface area (Å²) in [5, 5.41) is 7.39. The summed E-state index contributed by atoms with van der Waals surface area (Å²) in [7, 11) is 0. The summed E-state index contributed by atoms with van der Waals surface area (Å²) in [6.45, 7) is 6.13. The highest BCUT2D eigenvalue weighted by Gasteiger charge is 2.36. The number of hydrogen-bond donors (Lipinski definition) is 1. The number of rotatable bonds is 4. The largest absolute Gasteiger partial charge is 0.454 e. The second-order valence-corrected chi connectivity index (χ2v) is 8.95. The topological polar surface area (TPSA) is 89.7 Å². The van der Waals surface area contributed by atoms with Crippen molar-refractivity contribution in [2.75, 3.05) is 11.7 Å². The van der Waals surface area contributed by atoms with E-state index in [1.807, 2.05) is 87.5 Å². The highest BCUT2D eigenvalue weighted by atomic mass is 16.7. The van der Waals surface area contributed by atoms with Crippen molar-refractivity contribution in [2.24, 2.45) is 0 Å². The third-order valence-corrected chi connectivity index (χ3v) is 6.47. The van der Waals surface area contributed by atoms with Gasteiger partial charge in [-0.3, -0.25) is 4.90 Å². The van der Waals surface area contributed by atoms with Crippen LogP contribution in [0.5, 0.6) is 11.5 Å². The van der Waals surface area contributed by atoms with E-state index in [9.17, 15) is 4.79 Å². The Balaban J connectivity index is 1.46. The molecule has 3 aromatic carbocycles. The molecule has 1 N–H and O–H groups in total. The van der Waals surface area contributed by atoms with Crippen LogP contribution in [-0.2, 0) is 0 Å². The van der Waals surface area contributed by atoms with Gasteiger partial charge in [0.1, 0.15) is 0 Å². The van der Waals surface area contributed by atoms with Gasteiger partial charge in [0.2, 0.25) is 12.6 Å². The average molecular weight is 481 g/mol. The number of amides is 2. The van der Waals surface area contributed by atoms with E-state index < -0.39 is 6.04 Å². The number of carbonyl (C=O) groups is 1. The summed E-state index contributed by atoms with van der Waals surface area (Å²) in [6, 6.07) is 20.7. The number of nitrogens with one attached hydrogen (secondary N) is 1. The number of aromatic nitrogens is 2.